The molecule has 9 nitrogen and oxygen atoms in total. The molecule has 0 aliphatic heterocycles. The van der Waals surface area contributed by atoms with Crippen molar-refractivity contribution in [3.63, 3.8) is 0 Å². The zero-order valence-electron chi connectivity index (χ0n) is 14.5. The first-order valence-electron chi connectivity index (χ1n) is 7.93. The van der Waals surface area contributed by atoms with Crippen LogP contribution in [0.4, 0.5) is 17.1 Å². The molecule has 0 bridgehead atoms. The lowest BCUT2D eigenvalue weighted by Gasteiger charge is -2.13. The third-order valence-corrected chi connectivity index (χ3v) is 3.85. The van der Waals surface area contributed by atoms with E-state index in [1.165, 1.54) is 18.3 Å². The van der Waals surface area contributed by atoms with Crippen molar-refractivity contribution in [3.05, 3.63) is 51.8 Å². The van der Waals surface area contributed by atoms with Crippen LogP contribution >= 0.6 is 0 Å². The summed E-state index contributed by atoms with van der Waals surface area (Å²) in [4.78, 5) is 27.2. The van der Waals surface area contributed by atoms with E-state index in [-0.39, 0.29) is 17.9 Å². The summed E-state index contributed by atoms with van der Waals surface area (Å²) in [6, 6.07) is 6.04. The molecule has 26 heavy (non-hydrogen) atoms. The number of benzene rings is 1. The van der Waals surface area contributed by atoms with Crippen molar-refractivity contribution in [2.45, 2.75) is 13.8 Å². The number of carbonyl (C=O) groups is 1. The van der Waals surface area contributed by atoms with Gasteiger partial charge in [-0.2, -0.15) is 5.10 Å². The van der Waals surface area contributed by atoms with Gasteiger partial charge in [0.15, 0.2) is 5.65 Å². The summed E-state index contributed by atoms with van der Waals surface area (Å²) < 4.78 is 6.72. The van der Waals surface area contributed by atoms with Gasteiger partial charge in [-0.05, 0) is 19.9 Å². The van der Waals surface area contributed by atoms with Gasteiger partial charge < -0.3 is 10.1 Å². The number of nitrogens with zero attached hydrogens (tertiary/aromatic N) is 4. The number of hydrogen-bond acceptors (Lipinski definition) is 7. The maximum atomic E-state index is 12.4. The highest BCUT2D eigenvalue weighted by atomic mass is 16.6. The fourth-order valence-corrected chi connectivity index (χ4v) is 2.75. The smallest absolute Gasteiger partial charge is 0.341 e. The molecule has 3 rings (SSSR count). The van der Waals surface area contributed by atoms with Gasteiger partial charge in [0.1, 0.15) is 5.56 Å². The molecule has 9 heteroatoms. The number of aryl methyl sites for hydroxylation is 2. The second-order valence-corrected chi connectivity index (χ2v) is 5.61. The van der Waals surface area contributed by atoms with E-state index < -0.39 is 10.9 Å². The fraction of sp³-hybridized carbons (Fsp3) is 0.235. The Balaban J connectivity index is 2.18. The van der Waals surface area contributed by atoms with Crippen molar-refractivity contribution in [1.29, 1.82) is 0 Å². The van der Waals surface area contributed by atoms with Crippen LogP contribution in [0.25, 0.3) is 11.0 Å². The van der Waals surface area contributed by atoms with Crippen molar-refractivity contribution in [2.75, 3.05) is 11.9 Å². The predicted octanol–water partition coefficient (Wildman–Crippen LogP) is 3.11. The molecule has 2 heterocycles. The number of nitro groups is 1. The highest BCUT2D eigenvalue weighted by Crippen LogP contribution is 2.32. The molecule has 3 aromatic rings. The van der Waals surface area contributed by atoms with Crippen LogP contribution in [0.3, 0.4) is 0 Å². The minimum Gasteiger partial charge on any atom is -0.462 e. The van der Waals surface area contributed by atoms with Crippen LogP contribution in [0.15, 0.2) is 30.5 Å². The Morgan fingerprint density at radius 2 is 2.19 bits per heavy atom. The summed E-state index contributed by atoms with van der Waals surface area (Å²) in [6.45, 7) is 3.74. The second-order valence-electron chi connectivity index (χ2n) is 5.61. The quantitative estimate of drug-likeness (QED) is 0.425. The summed E-state index contributed by atoms with van der Waals surface area (Å²) >= 11 is 0. The first-order chi connectivity index (χ1) is 12.4. The van der Waals surface area contributed by atoms with Gasteiger partial charge in [0.05, 0.1) is 28.3 Å². The molecule has 0 aliphatic carbocycles. The molecule has 0 saturated heterocycles. The third-order valence-electron chi connectivity index (χ3n) is 3.85. The topological polar surface area (TPSA) is 112 Å². The summed E-state index contributed by atoms with van der Waals surface area (Å²) in [5.41, 5.74) is 2.38. The molecule has 1 aromatic carbocycles. The minimum atomic E-state index is -0.530. The average molecular weight is 355 g/mol. The lowest BCUT2D eigenvalue weighted by molar-refractivity contribution is -0.384. The molecule has 0 unspecified atom stereocenters. The van der Waals surface area contributed by atoms with E-state index >= 15 is 0 Å². The number of ether oxygens (including phenoxy) is 1. The Kier molecular flexibility index (Phi) is 4.53. The summed E-state index contributed by atoms with van der Waals surface area (Å²) in [5, 5.41) is 19.1. The highest BCUT2D eigenvalue weighted by molar-refractivity contribution is 6.06. The lowest BCUT2D eigenvalue weighted by atomic mass is 10.1. The van der Waals surface area contributed by atoms with Gasteiger partial charge in [-0.25, -0.2) is 9.78 Å². The molecule has 2 aromatic heterocycles. The van der Waals surface area contributed by atoms with Crippen molar-refractivity contribution in [2.24, 2.45) is 7.05 Å². The number of nitrogens with one attached hydrogen (secondary N) is 1. The predicted molar refractivity (Wildman–Crippen MR) is 95.6 cm³/mol. The van der Waals surface area contributed by atoms with Crippen molar-refractivity contribution >= 4 is 34.1 Å². The Morgan fingerprint density at radius 1 is 1.42 bits per heavy atom. The molecule has 0 radical (unpaired) electrons. The third kappa shape index (κ3) is 3.06. The molecule has 0 aliphatic rings. The van der Waals surface area contributed by atoms with Crippen LogP contribution in [0.2, 0.25) is 0 Å². The van der Waals surface area contributed by atoms with E-state index in [1.54, 1.807) is 37.7 Å². The van der Waals surface area contributed by atoms with Crippen LogP contribution < -0.4 is 5.32 Å². The lowest BCUT2D eigenvalue weighted by Crippen LogP contribution is -2.09. The van der Waals surface area contributed by atoms with E-state index in [2.05, 4.69) is 15.4 Å². The van der Waals surface area contributed by atoms with E-state index in [0.29, 0.717) is 28.1 Å². The number of aromatic nitrogens is 3. The molecule has 0 spiro atoms. The number of fused-ring (bicyclic) bond motifs is 1. The molecule has 1 N–H and O–H groups in total. The van der Waals surface area contributed by atoms with Crippen LogP contribution in [-0.4, -0.2) is 32.3 Å². The first kappa shape index (κ1) is 17.3. The van der Waals surface area contributed by atoms with Gasteiger partial charge in [-0.3, -0.25) is 14.8 Å². The van der Waals surface area contributed by atoms with Crippen molar-refractivity contribution in [3.8, 4) is 0 Å². The standard InChI is InChI=1S/C17H17N5O4/c1-4-26-17(23)13-9-18-16-14(10(2)20-21(16)3)15(13)19-11-6-5-7-12(8-11)22(24)25/h5-9H,4H2,1-3H3,(H,18,19). The van der Waals surface area contributed by atoms with Gasteiger partial charge in [-0.15, -0.1) is 0 Å². The van der Waals surface area contributed by atoms with Gasteiger partial charge in [0.2, 0.25) is 0 Å². The Bertz CT molecular complexity index is 1010. The second kappa shape index (κ2) is 6.79. The van der Waals surface area contributed by atoms with E-state index in [9.17, 15) is 14.9 Å². The minimum absolute atomic E-state index is 0.0547. The normalized spacial score (nSPS) is 10.7. The number of rotatable bonds is 5. The van der Waals surface area contributed by atoms with Gasteiger partial charge in [0, 0.05) is 31.1 Å². The highest BCUT2D eigenvalue weighted by Gasteiger charge is 2.21. The first-order valence-corrected chi connectivity index (χ1v) is 7.93. The van der Waals surface area contributed by atoms with Crippen LogP contribution in [-0.2, 0) is 11.8 Å². The average Bonchev–Trinajstić information content (AvgIpc) is 2.90. The van der Waals surface area contributed by atoms with E-state index in [4.69, 9.17) is 4.74 Å². The number of carbonyl (C=O) groups excluding carboxylic acids is 1. The fourth-order valence-electron chi connectivity index (χ4n) is 2.75. The zero-order valence-corrected chi connectivity index (χ0v) is 14.5. The molecular weight excluding hydrogens is 338 g/mol. The van der Waals surface area contributed by atoms with Gasteiger partial charge >= 0.3 is 5.97 Å². The number of esters is 1. The largest absolute Gasteiger partial charge is 0.462 e. The Morgan fingerprint density at radius 3 is 2.88 bits per heavy atom. The number of non-ortho nitro benzene ring substituents is 1. The summed E-state index contributed by atoms with van der Waals surface area (Å²) in [7, 11) is 1.75. The number of hydrogen-bond donors (Lipinski definition) is 1. The number of anilines is 2. The van der Waals surface area contributed by atoms with Crippen LogP contribution in [0.1, 0.15) is 23.0 Å². The van der Waals surface area contributed by atoms with Gasteiger partial charge in [-0.1, -0.05) is 6.07 Å². The van der Waals surface area contributed by atoms with E-state index in [0.717, 1.165) is 0 Å². The summed E-state index contributed by atoms with van der Waals surface area (Å²) in [5.74, 6) is -0.530. The SMILES string of the molecule is CCOC(=O)c1cnc2c(c(C)nn2C)c1Nc1cccc([N+](=O)[O-])c1. The van der Waals surface area contributed by atoms with Gasteiger partial charge in [0.25, 0.3) is 5.69 Å². The van der Waals surface area contributed by atoms with E-state index in [1.807, 2.05) is 0 Å². The molecular formula is C17H17N5O4. The van der Waals surface area contributed by atoms with Crippen LogP contribution in [0, 0.1) is 17.0 Å². The molecule has 0 atom stereocenters. The van der Waals surface area contributed by atoms with Crippen molar-refractivity contribution < 1.29 is 14.5 Å². The number of nitro benzene ring substituents is 1. The molecule has 0 saturated carbocycles. The number of pyridine rings is 1. The molecule has 134 valence electrons. The van der Waals surface area contributed by atoms with Crippen LogP contribution in [0.5, 0.6) is 0 Å². The Labute approximate surface area is 148 Å². The molecule has 0 amide bonds. The Hall–Kier alpha value is -3.49. The zero-order chi connectivity index (χ0) is 18.8. The summed E-state index contributed by atoms with van der Waals surface area (Å²) in [6.07, 6.45) is 1.42. The molecule has 0 fully saturated rings. The maximum Gasteiger partial charge on any atom is 0.341 e. The monoisotopic (exact) mass is 355 g/mol. The maximum absolute atomic E-state index is 12.4. The van der Waals surface area contributed by atoms with Crippen molar-refractivity contribution in [1.82, 2.24) is 14.8 Å².